The maximum Gasteiger partial charge on any atom is 0.183 e. The molecule has 0 radical (unpaired) electrons. The second-order valence-corrected chi connectivity index (χ2v) is 5.63. The number of nitriles is 1. The number of anilines is 1. The van der Waals surface area contributed by atoms with Crippen molar-refractivity contribution in [1.29, 1.82) is 5.26 Å². The van der Waals surface area contributed by atoms with Crippen molar-refractivity contribution in [2.75, 3.05) is 24.5 Å². The first kappa shape index (κ1) is 11.4. The minimum atomic E-state index is 0.0236. The van der Waals surface area contributed by atoms with Crippen LogP contribution in [-0.2, 0) is 0 Å². The number of aromatic nitrogens is 2. The molecule has 0 aliphatic carbocycles. The van der Waals surface area contributed by atoms with Gasteiger partial charge in [-0.25, -0.2) is 9.97 Å². The van der Waals surface area contributed by atoms with Gasteiger partial charge in [-0.1, -0.05) is 0 Å². The first-order valence-electron chi connectivity index (χ1n) is 6.34. The van der Waals surface area contributed by atoms with Gasteiger partial charge in [-0.15, -0.1) is 0 Å². The molecule has 2 saturated heterocycles. The number of nitrogens with one attached hydrogen (secondary N) is 1. The quantitative estimate of drug-likeness (QED) is 0.789. The summed E-state index contributed by atoms with van der Waals surface area (Å²) in [5.74, 6) is 2.00. The number of rotatable bonds is 1. The fourth-order valence-corrected chi connectivity index (χ4v) is 3.39. The molecule has 0 aromatic carbocycles. The molecule has 0 saturated carbocycles. The van der Waals surface area contributed by atoms with E-state index in [2.05, 4.69) is 40.1 Å². The van der Waals surface area contributed by atoms with Crippen LogP contribution in [0.15, 0.2) is 12.4 Å². The predicted octanol–water partition coefficient (Wildman–Crippen LogP) is 0.782. The predicted molar refractivity (Wildman–Crippen MR) is 68.0 cm³/mol. The summed E-state index contributed by atoms with van der Waals surface area (Å²) in [4.78, 5) is 10.8. The second kappa shape index (κ2) is 3.92. The molecule has 2 atom stereocenters. The third-order valence-electron chi connectivity index (χ3n) is 4.40. The van der Waals surface area contributed by atoms with E-state index >= 15 is 0 Å². The molecule has 18 heavy (non-hydrogen) atoms. The van der Waals surface area contributed by atoms with Crippen LogP contribution in [0.5, 0.6) is 0 Å². The summed E-state index contributed by atoms with van der Waals surface area (Å²) in [6.45, 7) is 7.54. The van der Waals surface area contributed by atoms with Crippen molar-refractivity contribution in [3.05, 3.63) is 18.1 Å². The van der Waals surface area contributed by atoms with Crippen LogP contribution < -0.4 is 10.2 Å². The fraction of sp³-hybridized carbons (Fsp3) is 0.615. The Morgan fingerprint density at radius 1 is 1.39 bits per heavy atom. The maximum atomic E-state index is 9.16. The minimum Gasteiger partial charge on any atom is -0.348 e. The van der Waals surface area contributed by atoms with Gasteiger partial charge in [-0.3, -0.25) is 0 Å². The van der Waals surface area contributed by atoms with Gasteiger partial charge in [0.05, 0.1) is 0 Å². The molecular formula is C13H17N5. The molecule has 2 unspecified atom stereocenters. The summed E-state index contributed by atoms with van der Waals surface area (Å²) in [6, 6.07) is 2.15. The van der Waals surface area contributed by atoms with Crippen LogP contribution in [-0.4, -0.2) is 35.1 Å². The van der Waals surface area contributed by atoms with Crippen LogP contribution in [0, 0.1) is 23.2 Å². The number of hydrogen-bond donors (Lipinski definition) is 1. The fourth-order valence-electron chi connectivity index (χ4n) is 3.39. The van der Waals surface area contributed by atoms with E-state index in [1.807, 2.05) is 0 Å². The van der Waals surface area contributed by atoms with Gasteiger partial charge < -0.3 is 10.2 Å². The van der Waals surface area contributed by atoms with Crippen LogP contribution in [0.2, 0.25) is 0 Å². The Kier molecular flexibility index (Phi) is 2.49. The van der Waals surface area contributed by atoms with Crippen LogP contribution in [0.1, 0.15) is 19.5 Å². The molecule has 3 rings (SSSR count). The minimum absolute atomic E-state index is 0.0236. The van der Waals surface area contributed by atoms with Gasteiger partial charge in [0.25, 0.3) is 0 Å². The molecule has 3 heterocycles. The highest BCUT2D eigenvalue weighted by Crippen LogP contribution is 2.42. The van der Waals surface area contributed by atoms with Crippen LogP contribution in [0.25, 0.3) is 0 Å². The SMILES string of the molecule is CC1(C)C2CNCC2CN1c1nccnc1C#N. The largest absolute Gasteiger partial charge is 0.348 e. The smallest absolute Gasteiger partial charge is 0.183 e. The van der Waals surface area contributed by atoms with Gasteiger partial charge >= 0.3 is 0 Å². The summed E-state index contributed by atoms with van der Waals surface area (Å²) in [5.41, 5.74) is 0.453. The van der Waals surface area contributed by atoms with Crippen LogP contribution in [0.3, 0.4) is 0 Å². The van der Waals surface area contributed by atoms with Crippen LogP contribution >= 0.6 is 0 Å². The number of hydrogen-bond acceptors (Lipinski definition) is 5. The number of nitrogens with zero attached hydrogens (tertiary/aromatic N) is 4. The molecule has 5 nitrogen and oxygen atoms in total. The lowest BCUT2D eigenvalue weighted by molar-refractivity contribution is 0.356. The standard InChI is InChI=1S/C13H17N5/c1-13(2)10-7-15-6-9(10)8-18(13)12-11(5-14)16-3-4-17-12/h3-4,9-10,15H,6-8H2,1-2H3. The zero-order chi connectivity index (χ0) is 12.8. The molecule has 1 aromatic heterocycles. The zero-order valence-corrected chi connectivity index (χ0v) is 10.7. The van der Waals surface area contributed by atoms with Gasteiger partial charge in [0.1, 0.15) is 6.07 Å². The van der Waals surface area contributed by atoms with Gasteiger partial charge in [0.2, 0.25) is 0 Å². The van der Waals surface area contributed by atoms with E-state index in [0.717, 1.165) is 25.5 Å². The van der Waals surface area contributed by atoms with E-state index < -0.39 is 0 Å². The lowest BCUT2D eigenvalue weighted by Crippen LogP contribution is -2.45. The van der Waals surface area contributed by atoms with Crippen molar-refractivity contribution in [2.45, 2.75) is 19.4 Å². The van der Waals surface area contributed by atoms with E-state index in [9.17, 15) is 0 Å². The second-order valence-electron chi connectivity index (χ2n) is 5.63. The first-order valence-corrected chi connectivity index (χ1v) is 6.34. The van der Waals surface area contributed by atoms with E-state index in [1.165, 1.54) is 0 Å². The van der Waals surface area contributed by atoms with Crippen molar-refractivity contribution >= 4 is 5.82 Å². The Labute approximate surface area is 107 Å². The molecule has 5 heteroatoms. The lowest BCUT2D eigenvalue weighted by atomic mass is 9.85. The summed E-state index contributed by atoms with van der Waals surface area (Å²) in [7, 11) is 0. The monoisotopic (exact) mass is 243 g/mol. The summed E-state index contributed by atoms with van der Waals surface area (Å²) < 4.78 is 0. The Bertz CT molecular complexity index is 504. The van der Waals surface area contributed by atoms with E-state index in [1.54, 1.807) is 12.4 Å². The van der Waals surface area contributed by atoms with Crippen LogP contribution in [0.4, 0.5) is 5.82 Å². The van der Waals surface area contributed by atoms with Crippen molar-refractivity contribution in [3.8, 4) is 6.07 Å². The van der Waals surface area contributed by atoms with Gasteiger partial charge in [-0.05, 0) is 25.7 Å². The zero-order valence-electron chi connectivity index (χ0n) is 10.7. The van der Waals surface area contributed by atoms with Crippen molar-refractivity contribution in [2.24, 2.45) is 11.8 Å². The molecule has 0 amide bonds. The number of fused-ring (bicyclic) bond motifs is 1. The molecule has 0 bridgehead atoms. The van der Waals surface area contributed by atoms with Gasteiger partial charge in [0, 0.05) is 37.6 Å². The highest BCUT2D eigenvalue weighted by Gasteiger charge is 2.50. The van der Waals surface area contributed by atoms with E-state index in [0.29, 0.717) is 17.5 Å². The average molecular weight is 243 g/mol. The highest BCUT2D eigenvalue weighted by atomic mass is 15.3. The van der Waals surface area contributed by atoms with Crippen molar-refractivity contribution in [1.82, 2.24) is 15.3 Å². The molecule has 2 aliphatic heterocycles. The maximum absolute atomic E-state index is 9.16. The van der Waals surface area contributed by atoms with Crippen molar-refractivity contribution < 1.29 is 0 Å². The first-order chi connectivity index (χ1) is 8.64. The molecule has 1 N–H and O–H groups in total. The summed E-state index contributed by atoms with van der Waals surface area (Å²) in [6.07, 6.45) is 3.24. The summed E-state index contributed by atoms with van der Waals surface area (Å²) >= 11 is 0. The topological polar surface area (TPSA) is 64.8 Å². The lowest BCUT2D eigenvalue weighted by Gasteiger charge is -2.36. The molecule has 1 aromatic rings. The van der Waals surface area contributed by atoms with Crippen molar-refractivity contribution in [3.63, 3.8) is 0 Å². The Hall–Kier alpha value is -1.67. The van der Waals surface area contributed by atoms with E-state index in [4.69, 9.17) is 5.26 Å². The molecular weight excluding hydrogens is 226 g/mol. The molecule has 94 valence electrons. The molecule has 0 spiro atoms. The third kappa shape index (κ3) is 1.49. The summed E-state index contributed by atoms with van der Waals surface area (Å²) in [5, 5.41) is 12.6. The highest BCUT2D eigenvalue weighted by molar-refractivity contribution is 5.53. The molecule has 2 aliphatic rings. The molecule has 2 fully saturated rings. The normalized spacial score (nSPS) is 29.1. The Morgan fingerprint density at radius 2 is 2.17 bits per heavy atom. The Balaban J connectivity index is 2.01. The van der Waals surface area contributed by atoms with E-state index in [-0.39, 0.29) is 5.54 Å². The van der Waals surface area contributed by atoms with Gasteiger partial charge in [0.15, 0.2) is 11.5 Å². The third-order valence-corrected chi connectivity index (χ3v) is 4.40. The van der Waals surface area contributed by atoms with Gasteiger partial charge in [-0.2, -0.15) is 5.26 Å². The Morgan fingerprint density at radius 3 is 2.89 bits per heavy atom. The average Bonchev–Trinajstić information content (AvgIpc) is 2.92.